The highest BCUT2D eigenvalue weighted by atomic mass is 35.5. The molecule has 0 amide bonds. The van der Waals surface area contributed by atoms with Crippen molar-refractivity contribution in [1.29, 1.82) is 0 Å². The molecule has 0 aliphatic rings. The molecular formula is C14H22Cl2N2. The van der Waals surface area contributed by atoms with E-state index in [2.05, 4.69) is 31.0 Å². The Morgan fingerprint density at radius 3 is 2.44 bits per heavy atom. The van der Waals surface area contributed by atoms with Crippen LogP contribution in [0.5, 0.6) is 0 Å². The van der Waals surface area contributed by atoms with Crippen LogP contribution in [0, 0.1) is 0 Å². The van der Waals surface area contributed by atoms with Crippen LogP contribution in [0.25, 0.3) is 0 Å². The molecular weight excluding hydrogens is 267 g/mol. The van der Waals surface area contributed by atoms with Gasteiger partial charge in [0.25, 0.3) is 0 Å². The topological polar surface area (TPSA) is 15.3 Å². The number of benzene rings is 1. The van der Waals surface area contributed by atoms with Crippen molar-refractivity contribution in [1.82, 2.24) is 10.2 Å². The van der Waals surface area contributed by atoms with Crippen molar-refractivity contribution in [3.8, 4) is 0 Å². The molecule has 18 heavy (non-hydrogen) atoms. The molecule has 1 atom stereocenters. The van der Waals surface area contributed by atoms with Crippen LogP contribution in [0.2, 0.25) is 10.0 Å². The summed E-state index contributed by atoms with van der Waals surface area (Å²) in [6, 6.07) is 6.08. The number of likely N-dealkylation sites (N-methyl/N-ethyl adjacent to an activating group) is 1. The minimum Gasteiger partial charge on any atom is -0.309 e. The third kappa shape index (κ3) is 5.15. The first-order valence-corrected chi connectivity index (χ1v) is 7.22. The molecule has 0 bridgehead atoms. The van der Waals surface area contributed by atoms with E-state index in [1.165, 1.54) is 0 Å². The van der Waals surface area contributed by atoms with Crippen molar-refractivity contribution in [3.63, 3.8) is 0 Å². The standard InChI is InChI=1S/C14H22Cl2N2/c1-4-18(5-2)10-11(3)17-9-12-6-7-13(15)8-14(12)16/h6-8,11,17H,4-5,9-10H2,1-3H3. The van der Waals surface area contributed by atoms with Gasteiger partial charge >= 0.3 is 0 Å². The Hall–Kier alpha value is -0.280. The molecule has 0 heterocycles. The Kier molecular flexibility index (Phi) is 7.02. The lowest BCUT2D eigenvalue weighted by atomic mass is 10.2. The molecule has 1 N–H and O–H groups in total. The number of halogens is 2. The fourth-order valence-corrected chi connectivity index (χ4v) is 2.36. The Labute approximate surface area is 120 Å². The van der Waals surface area contributed by atoms with Crippen LogP contribution in [0.4, 0.5) is 0 Å². The second-order valence-corrected chi connectivity index (χ2v) is 5.35. The molecule has 1 aromatic carbocycles. The van der Waals surface area contributed by atoms with Crippen LogP contribution in [0.1, 0.15) is 26.3 Å². The first-order valence-electron chi connectivity index (χ1n) is 6.46. The van der Waals surface area contributed by atoms with Gasteiger partial charge in [0.15, 0.2) is 0 Å². The molecule has 2 nitrogen and oxygen atoms in total. The maximum absolute atomic E-state index is 6.14. The van der Waals surface area contributed by atoms with Gasteiger partial charge in [0.2, 0.25) is 0 Å². The molecule has 0 saturated carbocycles. The molecule has 4 heteroatoms. The zero-order valence-corrected chi connectivity index (χ0v) is 12.9. The summed E-state index contributed by atoms with van der Waals surface area (Å²) in [5, 5.41) is 4.90. The van der Waals surface area contributed by atoms with Gasteiger partial charge in [0.05, 0.1) is 0 Å². The van der Waals surface area contributed by atoms with Crippen LogP contribution >= 0.6 is 23.2 Å². The summed E-state index contributed by atoms with van der Waals surface area (Å²) in [5.41, 5.74) is 1.09. The average Bonchev–Trinajstić information content (AvgIpc) is 2.35. The number of rotatable bonds is 7. The maximum Gasteiger partial charge on any atom is 0.0465 e. The molecule has 1 aromatic rings. The fourth-order valence-electron chi connectivity index (χ4n) is 1.88. The fraction of sp³-hybridized carbons (Fsp3) is 0.571. The van der Waals surface area contributed by atoms with Crippen LogP contribution in [-0.4, -0.2) is 30.6 Å². The van der Waals surface area contributed by atoms with E-state index in [-0.39, 0.29) is 0 Å². The quantitative estimate of drug-likeness (QED) is 0.821. The summed E-state index contributed by atoms with van der Waals surface area (Å²) in [6.45, 7) is 10.6. The van der Waals surface area contributed by atoms with Gasteiger partial charge in [-0.15, -0.1) is 0 Å². The normalized spacial score (nSPS) is 13.0. The highest BCUT2D eigenvalue weighted by molar-refractivity contribution is 6.35. The van der Waals surface area contributed by atoms with E-state index in [9.17, 15) is 0 Å². The van der Waals surface area contributed by atoms with Crippen molar-refractivity contribution >= 4 is 23.2 Å². The molecule has 0 spiro atoms. The van der Waals surface area contributed by atoms with Crippen LogP contribution in [0.3, 0.4) is 0 Å². The third-order valence-electron chi connectivity index (χ3n) is 3.08. The van der Waals surface area contributed by atoms with Gasteiger partial charge in [-0.1, -0.05) is 43.1 Å². The number of nitrogens with one attached hydrogen (secondary N) is 1. The van der Waals surface area contributed by atoms with Gasteiger partial charge in [-0.25, -0.2) is 0 Å². The van der Waals surface area contributed by atoms with Crippen molar-refractivity contribution in [3.05, 3.63) is 33.8 Å². The van der Waals surface area contributed by atoms with Gasteiger partial charge in [-0.2, -0.15) is 0 Å². The summed E-state index contributed by atoms with van der Waals surface area (Å²) in [6.07, 6.45) is 0. The number of hydrogen-bond acceptors (Lipinski definition) is 2. The van der Waals surface area contributed by atoms with Gasteiger partial charge in [0, 0.05) is 29.2 Å². The van der Waals surface area contributed by atoms with Crippen LogP contribution in [0.15, 0.2) is 18.2 Å². The predicted molar refractivity (Wildman–Crippen MR) is 80.6 cm³/mol. The van der Waals surface area contributed by atoms with E-state index in [0.29, 0.717) is 11.1 Å². The summed E-state index contributed by atoms with van der Waals surface area (Å²) in [4.78, 5) is 2.40. The lowest BCUT2D eigenvalue weighted by Gasteiger charge is -2.23. The van der Waals surface area contributed by atoms with Gasteiger partial charge in [0.1, 0.15) is 0 Å². The van der Waals surface area contributed by atoms with E-state index in [4.69, 9.17) is 23.2 Å². The summed E-state index contributed by atoms with van der Waals surface area (Å²) in [7, 11) is 0. The van der Waals surface area contributed by atoms with Crippen molar-refractivity contribution in [2.75, 3.05) is 19.6 Å². The summed E-state index contributed by atoms with van der Waals surface area (Å²) < 4.78 is 0. The first-order chi connectivity index (χ1) is 8.56. The van der Waals surface area contributed by atoms with E-state index in [1.807, 2.05) is 12.1 Å². The number of hydrogen-bond donors (Lipinski definition) is 1. The SMILES string of the molecule is CCN(CC)CC(C)NCc1ccc(Cl)cc1Cl. The molecule has 0 aliphatic heterocycles. The molecule has 0 aliphatic carbocycles. The first kappa shape index (κ1) is 15.8. The largest absolute Gasteiger partial charge is 0.309 e. The molecule has 0 radical (unpaired) electrons. The third-order valence-corrected chi connectivity index (χ3v) is 3.67. The zero-order valence-electron chi connectivity index (χ0n) is 11.3. The lowest BCUT2D eigenvalue weighted by molar-refractivity contribution is 0.270. The molecule has 1 unspecified atom stereocenters. The Balaban J connectivity index is 2.44. The summed E-state index contributed by atoms with van der Waals surface area (Å²) >= 11 is 12.0. The second-order valence-electron chi connectivity index (χ2n) is 4.50. The van der Waals surface area contributed by atoms with Crippen molar-refractivity contribution in [2.45, 2.75) is 33.4 Å². The lowest BCUT2D eigenvalue weighted by Crippen LogP contribution is -2.38. The predicted octanol–water partition coefficient (Wildman–Crippen LogP) is 3.81. The van der Waals surface area contributed by atoms with E-state index < -0.39 is 0 Å². The van der Waals surface area contributed by atoms with E-state index in [0.717, 1.165) is 36.8 Å². The molecule has 102 valence electrons. The van der Waals surface area contributed by atoms with E-state index in [1.54, 1.807) is 6.07 Å². The summed E-state index contributed by atoms with van der Waals surface area (Å²) in [5.74, 6) is 0. The van der Waals surface area contributed by atoms with Crippen LogP contribution < -0.4 is 5.32 Å². The minimum atomic E-state index is 0.441. The molecule has 0 fully saturated rings. The van der Waals surface area contributed by atoms with Gasteiger partial charge < -0.3 is 10.2 Å². The minimum absolute atomic E-state index is 0.441. The highest BCUT2D eigenvalue weighted by Crippen LogP contribution is 2.20. The maximum atomic E-state index is 6.14. The Morgan fingerprint density at radius 1 is 1.22 bits per heavy atom. The monoisotopic (exact) mass is 288 g/mol. The van der Waals surface area contributed by atoms with Gasteiger partial charge in [-0.05, 0) is 37.7 Å². The molecule has 1 rings (SSSR count). The van der Waals surface area contributed by atoms with Gasteiger partial charge in [-0.3, -0.25) is 0 Å². The molecule has 0 saturated heterocycles. The Bertz CT molecular complexity index is 365. The number of nitrogens with zero attached hydrogens (tertiary/aromatic N) is 1. The van der Waals surface area contributed by atoms with E-state index >= 15 is 0 Å². The van der Waals surface area contributed by atoms with Crippen molar-refractivity contribution in [2.24, 2.45) is 0 Å². The zero-order chi connectivity index (χ0) is 13.5. The average molecular weight is 289 g/mol. The van der Waals surface area contributed by atoms with Crippen LogP contribution in [-0.2, 0) is 6.54 Å². The smallest absolute Gasteiger partial charge is 0.0465 e. The Morgan fingerprint density at radius 2 is 1.89 bits per heavy atom. The van der Waals surface area contributed by atoms with Crippen molar-refractivity contribution < 1.29 is 0 Å². The molecule has 0 aromatic heterocycles. The highest BCUT2D eigenvalue weighted by Gasteiger charge is 2.07. The second kappa shape index (κ2) is 8.00.